The lowest BCUT2D eigenvalue weighted by Crippen LogP contribution is -2.41. The van der Waals surface area contributed by atoms with E-state index < -0.39 is 7.12 Å². The Morgan fingerprint density at radius 2 is 1.54 bits per heavy atom. The van der Waals surface area contributed by atoms with Gasteiger partial charge in [0.25, 0.3) is 0 Å². The molecule has 4 N–H and O–H groups in total. The number of hydrogen-bond acceptors (Lipinski definition) is 7. The van der Waals surface area contributed by atoms with Gasteiger partial charge in [0.2, 0.25) is 11.9 Å². The predicted molar refractivity (Wildman–Crippen MR) is 94.7 cm³/mol. The van der Waals surface area contributed by atoms with E-state index in [0.29, 0.717) is 5.82 Å². The van der Waals surface area contributed by atoms with Gasteiger partial charge in [-0.25, -0.2) is 0 Å². The van der Waals surface area contributed by atoms with E-state index in [4.69, 9.17) is 20.8 Å². The van der Waals surface area contributed by atoms with Gasteiger partial charge < -0.3 is 20.8 Å². The van der Waals surface area contributed by atoms with Crippen molar-refractivity contribution in [2.24, 2.45) is 0 Å². The summed E-state index contributed by atoms with van der Waals surface area (Å²) in [5, 5.41) is 0. The van der Waals surface area contributed by atoms with Gasteiger partial charge in [-0.15, -0.1) is 0 Å². The van der Waals surface area contributed by atoms with E-state index in [1.165, 1.54) is 0 Å². The Morgan fingerprint density at radius 3 is 2.12 bits per heavy atom. The number of nitrogens with zero attached hydrogens (tertiary/aromatic N) is 3. The molecular weight excluding hydrogens is 305 g/mol. The molecule has 0 aromatic carbocycles. The van der Waals surface area contributed by atoms with Crippen molar-refractivity contribution in [3.05, 3.63) is 36.2 Å². The number of nitrogen functional groups attached to an aromatic ring is 2. The smallest absolute Gasteiger partial charge is 0.403 e. The van der Waals surface area contributed by atoms with Crippen molar-refractivity contribution >= 4 is 24.6 Å². The monoisotopic (exact) mass is 327 g/mol. The van der Waals surface area contributed by atoms with Crippen molar-refractivity contribution in [3.63, 3.8) is 0 Å². The van der Waals surface area contributed by atoms with Crippen LogP contribution >= 0.6 is 0 Å². The molecule has 1 aromatic rings. The minimum absolute atomic E-state index is 0.0877. The summed E-state index contributed by atoms with van der Waals surface area (Å²) in [5.41, 5.74) is 11.4. The number of rotatable bonds is 2. The highest BCUT2D eigenvalue weighted by Gasteiger charge is 2.53. The molecule has 8 heteroatoms. The molecule has 1 atom stereocenters. The van der Waals surface area contributed by atoms with Crippen LogP contribution < -0.4 is 11.5 Å². The van der Waals surface area contributed by atoms with Gasteiger partial charge in [-0.3, -0.25) is 0 Å². The third-order valence-electron chi connectivity index (χ3n) is 4.61. The summed E-state index contributed by atoms with van der Waals surface area (Å²) in [6.45, 7) is 8.13. The van der Waals surface area contributed by atoms with Crippen LogP contribution in [-0.2, 0) is 9.31 Å². The highest BCUT2D eigenvalue weighted by molar-refractivity contribution is 6.49. The van der Waals surface area contributed by atoms with Crippen LogP contribution in [0.4, 0.5) is 11.9 Å². The molecule has 1 saturated heterocycles. The first-order valence-electron chi connectivity index (χ1n) is 7.88. The fourth-order valence-corrected chi connectivity index (χ4v) is 2.57. The van der Waals surface area contributed by atoms with Crippen LogP contribution in [-0.4, -0.2) is 33.3 Å². The Hall–Kier alpha value is -2.19. The first-order valence-corrected chi connectivity index (χ1v) is 7.88. The van der Waals surface area contributed by atoms with Gasteiger partial charge in [0.1, 0.15) is 0 Å². The first kappa shape index (κ1) is 16.7. The minimum atomic E-state index is -0.391. The lowest BCUT2D eigenvalue weighted by molar-refractivity contribution is 0.00578. The maximum atomic E-state index is 6.14. The molecule has 126 valence electrons. The average molecular weight is 327 g/mol. The molecule has 0 spiro atoms. The van der Waals surface area contributed by atoms with E-state index >= 15 is 0 Å². The van der Waals surface area contributed by atoms with Gasteiger partial charge in [-0.2, -0.15) is 15.0 Å². The van der Waals surface area contributed by atoms with Crippen molar-refractivity contribution in [2.45, 2.75) is 44.7 Å². The molecule has 7 nitrogen and oxygen atoms in total. The predicted octanol–water partition coefficient (Wildman–Crippen LogP) is 2.01. The molecule has 0 radical (unpaired) electrons. The number of allylic oxidation sites excluding steroid dienone is 6. The highest BCUT2D eigenvalue weighted by atomic mass is 16.7. The minimum Gasteiger partial charge on any atom is -0.403 e. The summed E-state index contributed by atoms with van der Waals surface area (Å²) in [7, 11) is -0.391. The SMILES string of the molecule is CC1(C)OB(C2C=CC=CC(c3nc(N)nc(N)n3)=C2)OC1(C)C. The Kier molecular flexibility index (Phi) is 3.97. The van der Waals surface area contributed by atoms with Crippen LogP contribution in [0, 0.1) is 0 Å². The summed E-state index contributed by atoms with van der Waals surface area (Å²) in [4.78, 5) is 12.1. The third-order valence-corrected chi connectivity index (χ3v) is 4.61. The Balaban J connectivity index is 1.93. The molecule has 2 aliphatic rings. The third kappa shape index (κ3) is 3.07. The van der Waals surface area contributed by atoms with Gasteiger partial charge in [0, 0.05) is 11.4 Å². The van der Waals surface area contributed by atoms with Gasteiger partial charge in [0.15, 0.2) is 5.82 Å². The van der Waals surface area contributed by atoms with Crippen LogP contribution in [0.2, 0.25) is 5.82 Å². The second kappa shape index (κ2) is 5.72. The first-order chi connectivity index (χ1) is 11.2. The van der Waals surface area contributed by atoms with Crippen LogP contribution in [0.3, 0.4) is 0 Å². The number of aromatic nitrogens is 3. The maximum Gasteiger partial charge on any atom is 0.469 e. The molecule has 24 heavy (non-hydrogen) atoms. The Bertz CT molecular complexity index is 706. The van der Waals surface area contributed by atoms with E-state index in [1.54, 1.807) is 0 Å². The number of anilines is 2. The van der Waals surface area contributed by atoms with Crippen molar-refractivity contribution in [2.75, 3.05) is 11.5 Å². The molecular formula is C16H22BN5O2. The Morgan fingerprint density at radius 1 is 0.958 bits per heavy atom. The molecule has 0 amide bonds. The summed E-state index contributed by atoms with van der Waals surface area (Å²) in [5.74, 6) is 0.532. The molecule has 1 unspecified atom stereocenters. The van der Waals surface area contributed by atoms with Gasteiger partial charge in [0.05, 0.1) is 11.2 Å². The van der Waals surface area contributed by atoms with E-state index in [0.717, 1.165) is 5.57 Å². The molecule has 1 aliphatic heterocycles. The lowest BCUT2D eigenvalue weighted by atomic mass is 9.71. The van der Waals surface area contributed by atoms with E-state index in [-0.39, 0.29) is 28.9 Å². The standard InChI is InChI=1S/C16H22BN5O2/c1-15(2)16(3,4)24-17(23-15)11-8-6-5-7-10(9-11)12-20-13(18)22-14(19)21-12/h5-9,11H,1-4H3,(H4,18,19,20,21,22). The van der Waals surface area contributed by atoms with Gasteiger partial charge in [-0.05, 0) is 27.7 Å². The van der Waals surface area contributed by atoms with E-state index in [9.17, 15) is 0 Å². The zero-order valence-electron chi connectivity index (χ0n) is 14.4. The van der Waals surface area contributed by atoms with Crippen LogP contribution in [0.15, 0.2) is 30.4 Å². The topological polar surface area (TPSA) is 109 Å². The lowest BCUT2D eigenvalue weighted by Gasteiger charge is -2.32. The Labute approximate surface area is 142 Å². The average Bonchev–Trinajstić information content (AvgIpc) is 2.65. The number of hydrogen-bond donors (Lipinski definition) is 2. The molecule has 1 aromatic heterocycles. The molecule has 1 fully saturated rings. The summed E-state index contributed by atoms with van der Waals surface area (Å²) in [6, 6.07) is 0. The second-order valence-electron chi connectivity index (χ2n) is 6.94. The molecule has 2 heterocycles. The molecule has 3 rings (SSSR count). The van der Waals surface area contributed by atoms with Gasteiger partial charge in [-0.1, -0.05) is 30.4 Å². The quantitative estimate of drug-likeness (QED) is 0.800. The van der Waals surface area contributed by atoms with Crippen LogP contribution in [0.1, 0.15) is 33.5 Å². The number of nitrogens with two attached hydrogens (primary N) is 2. The zero-order chi connectivity index (χ0) is 17.5. The highest BCUT2D eigenvalue weighted by Crippen LogP contribution is 2.41. The second-order valence-corrected chi connectivity index (χ2v) is 6.94. The van der Waals surface area contributed by atoms with Crippen molar-refractivity contribution < 1.29 is 9.31 Å². The van der Waals surface area contributed by atoms with Crippen molar-refractivity contribution in [1.82, 2.24) is 15.0 Å². The summed E-state index contributed by atoms with van der Waals surface area (Å²) >= 11 is 0. The van der Waals surface area contributed by atoms with Crippen molar-refractivity contribution in [3.8, 4) is 0 Å². The summed E-state index contributed by atoms with van der Waals surface area (Å²) in [6.07, 6.45) is 9.78. The van der Waals surface area contributed by atoms with Crippen LogP contribution in [0.25, 0.3) is 5.57 Å². The fourth-order valence-electron chi connectivity index (χ4n) is 2.57. The maximum absolute atomic E-state index is 6.14. The molecule has 0 saturated carbocycles. The van der Waals surface area contributed by atoms with E-state index in [1.807, 2.05) is 58.1 Å². The van der Waals surface area contributed by atoms with E-state index in [2.05, 4.69) is 15.0 Å². The fraction of sp³-hybridized carbons (Fsp3) is 0.438. The van der Waals surface area contributed by atoms with Crippen molar-refractivity contribution in [1.29, 1.82) is 0 Å². The summed E-state index contributed by atoms with van der Waals surface area (Å²) < 4.78 is 12.3. The normalized spacial score (nSPS) is 24.8. The largest absolute Gasteiger partial charge is 0.469 e. The molecule has 1 aliphatic carbocycles. The van der Waals surface area contributed by atoms with Crippen LogP contribution in [0.5, 0.6) is 0 Å². The van der Waals surface area contributed by atoms with Gasteiger partial charge >= 0.3 is 7.12 Å². The molecule has 0 bridgehead atoms. The zero-order valence-corrected chi connectivity index (χ0v) is 14.4.